The number of amides is 1. The molecule has 1 fully saturated rings. The van der Waals surface area contributed by atoms with Gasteiger partial charge >= 0.3 is 5.97 Å². The van der Waals surface area contributed by atoms with Crippen LogP contribution in [0.2, 0.25) is 5.02 Å². The predicted molar refractivity (Wildman–Crippen MR) is 81.7 cm³/mol. The van der Waals surface area contributed by atoms with Crippen molar-refractivity contribution in [2.45, 2.75) is 18.9 Å². The number of aliphatic carboxylic acids is 1. The number of hydrogen-bond acceptors (Lipinski definition) is 3. The molecule has 0 atom stereocenters. The highest BCUT2D eigenvalue weighted by molar-refractivity contribution is 9.10. The molecule has 2 rings (SSSR count). The molecule has 7 heteroatoms. The molecule has 1 N–H and O–H groups in total. The van der Waals surface area contributed by atoms with Crippen molar-refractivity contribution in [3.63, 3.8) is 0 Å². The second-order valence-electron chi connectivity index (χ2n) is 4.82. The van der Waals surface area contributed by atoms with Crippen LogP contribution < -0.4 is 0 Å². The quantitative estimate of drug-likeness (QED) is 0.877. The van der Waals surface area contributed by atoms with E-state index in [2.05, 4.69) is 15.9 Å². The molecule has 1 aliphatic heterocycles. The normalized spacial score (nSPS) is 16.0. The average molecular weight is 377 g/mol. The highest BCUT2D eigenvalue weighted by Gasteiger charge is 2.25. The zero-order valence-electron chi connectivity index (χ0n) is 11.2. The largest absolute Gasteiger partial charge is 0.480 e. The summed E-state index contributed by atoms with van der Waals surface area (Å²) < 4.78 is 5.92. The van der Waals surface area contributed by atoms with E-state index in [4.69, 9.17) is 21.4 Å². The third-order valence-corrected chi connectivity index (χ3v) is 4.22. The average Bonchev–Trinajstić information content (AvgIpc) is 2.45. The van der Waals surface area contributed by atoms with Crippen molar-refractivity contribution >= 4 is 39.4 Å². The van der Waals surface area contributed by atoms with Crippen LogP contribution in [0.5, 0.6) is 0 Å². The Kier molecular flexibility index (Phi) is 5.61. The monoisotopic (exact) mass is 375 g/mol. The molecule has 0 aliphatic carbocycles. The third-order valence-electron chi connectivity index (χ3n) is 3.33. The summed E-state index contributed by atoms with van der Waals surface area (Å²) in [6, 6.07) is 5.07. The van der Waals surface area contributed by atoms with Gasteiger partial charge in [0, 0.05) is 22.6 Å². The van der Waals surface area contributed by atoms with Gasteiger partial charge in [-0.25, -0.2) is 4.79 Å². The van der Waals surface area contributed by atoms with Crippen LogP contribution in [-0.4, -0.2) is 47.7 Å². The molecule has 0 unspecified atom stereocenters. The zero-order valence-corrected chi connectivity index (χ0v) is 13.6. The van der Waals surface area contributed by atoms with Crippen molar-refractivity contribution in [3.05, 3.63) is 33.3 Å². The molecule has 114 valence electrons. The molecular formula is C14H15BrClNO4. The van der Waals surface area contributed by atoms with E-state index in [1.807, 2.05) is 0 Å². The van der Waals surface area contributed by atoms with Gasteiger partial charge in [-0.3, -0.25) is 4.79 Å². The maximum Gasteiger partial charge on any atom is 0.329 e. The Balaban J connectivity index is 1.92. The number of carboxylic acids is 1. The number of ether oxygens (including phenoxy) is 1. The number of halogens is 2. The highest BCUT2D eigenvalue weighted by Crippen LogP contribution is 2.24. The Morgan fingerprint density at radius 2 is 2.05 bits per heavy atom. The number of rotatable bonds is 4. The first-order valence-corrected chi connectivity index (χ1v) is 7.72. The standard InChI is InChI=1S/C14H15BrClNO4/c15-12-7-9(16)1-2-11(12)14(20)17-5-3-10(4-6-17)21-8-13(18)19/h1-2,7,10H,3-6,8H2,(H,18,19). The van der Waals surface area contributed by atoms with E-state index in [0.717, 1.165) is 0 Å². The summed E-state index contributed by atoms with van der Waals surface area (Å²) in [6.45, 7) is 0.817. The molecule has 0 bridgehead atoms. The molecule has 1 heterocycles. The van der Waals surface area contributed by atoms with Gasteiger partial charge in [0.1, 0.15) is 6.61 Å². The van der Waals surface area contributed by atoms with Crippen LogP contribution >= 0.6 is 27.5 Å². The molecule has 0 aromatic heterocycles. The Hall–Kier alpha value is -1.11. The van der Waals surface area contributed by atoms with E-state index in [1.165, 1.54) is 0 Å². The fourth-order valence-electron chi connectivity index (χ4n) is 2.25. The van der Waals surface area contributed by atoms with Gasteiger partial charge in [-0.05, 0) is 47.0 Å². The summed E-state index contributed by atoms with van der Waals surface area (Å²) >= 11 is 9.21. The second-order valence-corrected chi connectivity index (χ2v) is 6.11. The van der Waals surface area contributed by atoms with Gasteiger partial charge in [0.05, 0.1) is 11.7 Å². The summed E-state index contributed by atoms with van der Waals surface area (Å²) in [6.07, 6.45) is 1.19. The summed E-state index contributed by atoms with van der Waals surface area (Å²) in [4.78, 5) is 24.6. The number of benzene rings is 1. The van der Waals surface area contributed by atoms with Crippen molar-refractivity contribution in [3.8, 4) is 0 Å². The molecule has 1 amide bonds. The number of nitrogens with zero attached hydrogens (tertiary/aromatic N) is 1. The lowest BCUT2D eigenvalue weighted by atomic mass is 10.1. The first-order chi connectivity index (χ1) is 9.97. The first-order valence-electron chi connectivity index (χ1n) is 6.55. The van der Waals surface area contributed by atoms with Crippen molar-refractivity contribution in [2.75, 3.05) is 19.7 Å². The fraction of sp³-hybridized carbons (Fsp3) is 0.429. The number of hydrogen-bond donors (Lipinski definition) is 1. The summed E-state index contributed by atoms with van der Waals surface area (Å²) in [5, 5.41) is 9.15. The minimum Gasteiger partial charge on any atom is -0.480 e. The maximum atomic E-state index is 12.4. The Morgan fingerprint density at radius 1 is 1.38 bits per heavy atom. The fourth-order valence-corrected chi connectivity index (χ4v) is 3.10. The SMILES string of the molecule is O=C(O)COC1CCN(C(=O)c2ccc(Cl)cc2Br)CC1. The highest BCUT2D eigenvalue weighted by atomic mass is 79.9. The van der Waals surface area contributed by atoms with Crippen molar-refractivity contribution in [1.82, 2.24) is 4.90 Å². The maximum absolute atomic E-state index is 12.4. The molecule has 5 nitrogen and oxygen atoms in total. The summed E-state index contributed by atoms with van der Waals surface area (Å²) in [5.41, 5.74) is 0.573. The van der Waals surface area contributed by atoms with Gasteiger partial charge in [-0.2, -0.15) is 0 Å². The van der Waals surface area contributed by atoms with E-state index >= 15 is 0 Å². The minimum absolute atomic E-state index is 0.0600. The molecule has 0 spiro atoms. The van der Waals surface area contributed by atoms with Gasteiger partial charge in [0.15, 0.2) is 0 Å². The molecule has 21 heavy (non-hydrogen) atoms. The Labute approximate surface area is 136 Å². The number of piperidine rings is 1. The van der Waals surface area contributed by atoms with Gasteiger partial charge in [0.25, 0.3) is 5.91 Å². The van der Waals surface area contributed by atoms with Crippen LogP contribution in [0, 0.1) is 0 Å². The first kappa shape index (κ1) is 16.3. The van der Waals surface area contributed by atoms with E-state index in [1.54, 1.807) is 23.1 Å². The van der Waals surface area contributed by atoms with Gasteiger partial charge < -0.3 is 14.7 Å². The second kappa shape index (κ2) is 7.24. The van der Waals surface area contributed by atoms with E-state index in [-0.39, 0.29) is 18.6 Å². The molecule has 0 radical (unpaired) electrons. The van der Waals surface area contributed by atoms with E-state index in [9.17, 15) is 9.59 Å². The van der Waals surface area contributed by atoms with Crippen molar-refractivity contribution in [1.29, 1.82) is 0 Å². The topological polar surface area (TPSA) is 66.8 Å². The van der Waals surface area contributed by atoms with Crippen LogP contribution in [0.1, 0.15) is 23.2 Å². The lowest BCUT2D eigenvalue weighted by molar-refractivity contribution is -0.145. The number of carboxylic acid groups (broad SMARTS) is 1. The Bertz CT molecular complexity index is 544. The van der Waals surface area contributed by atoms with Crippen molar-refractivity contribution in [2.24, 2.45) is 0 Å². The Morgan fingerprint density at radius 3 is 2.62 bits per heavy atom. The molecule has 1 aromatic rings. The number of likely N-dealkylation sites (tertiary alicyclic amines) is 1. The van der Waals surface area contributed by atoms with E-state index in [0.29, 0.717) is 41.0 Å². The molecular weight excluding hydrogens is 362 g/mol. The lowest BCUT2D eigenvalue weighted by Crippen LogP contribution is -2.41. The van der Waals surface area contributed by atoms with Gasteiger partial charge in [0.2, 0.25) is 0 Å². The smallest absolute Gasteiger partial charge is 0.329 e. The van der Waals surface area contributed by atoms with Crippen LogP contribution in [0.3, 0.4) is 0 Å². The van der Waals surface area contributed by atoms with E-state index < -0.39 is 5.97 Å². The third kappa shape index (κ3) is 4.43. The lowest BCUT2D eigenvalue weighted by Gasteiger charge is -2.32. The van der Waals surface area contributed by atoms with Gasteiger partial charge in [-0.15, -0.1) is 0 Å². The number of carbonyl (C=O) groups excluding carboxylic acids is 1. The van der Waals surface area contributed by atoms with Crippen LogP contribution in [-0.2, 0) is 9.53 Å². The molecule has 1 aromatic carbocycles. The number of carbonyl (C=O) groups is 2. The van der Waals surface area contributed by atoms with Crippen molar-refractivity contribution < 1.29 is 19.4 Å². The minimum atomic E-state index is -0.974. The summed E-state index contributed by atoms with van der Waals surface area (Å²) in [5.74, 6) is -1.03. The van der Waals surface area contributed by atoms with Crippen LogP contribution in [0.4, 0.5) is 0 Å². The zero-order chi connectivity index (χ0) is 15.4. The molecule has 0 saturated carbocycles. The molecule has 1 aliphatic rings. The predicted octanol–water partition coefficient (Wildman–Crippen LogP) is 2.81. The summed E-state index contributed by atoms with van der Waals surface area (Å²) in [7, 11) is 0. The van der Waals surface area contributed by atoms with Crippen LogP contribution in [0.15, 0.2) is 22.7 Å². The van der Waals surface area contributed by atoms with Gasteiger partial charge in [-0.1, -0.05) is 11.6 Å². The molecule has 1 saturated heterocycles. The van der Waals surface area contributed by atoms with Crippen LogP contribution in [0.25, 0.3) is 0 Å².